The molecule has 2 aromatic rings. The van der Waals surface area contributed by atoms with E-state index in [0.29, 0.717) is 11.5 Å². The van der Waals surface area contributed by atoms with Crippen molar-refractivity contribution in [2.45, 2.75) is 20.8 Å². The summed E-state index contributed by atoms with van der Waals surface area (Å²) in [7, 11) is 0. The summed E-state index contributed by atoms with van der Waals surface area (Å²) in [6, 6.07) is 9.11. The molecule has 1 amide bonds. The van der Waals surface area contributed by atoms with E-state index >= 15 is 0 Å². The molecule has 21 heavy (non-hydrogen) atoms. The van der Waals surface area contributed by atoms with Crippen LogP contribution in [-0.2, 0) is 0 Å². The van der Waals surface area contributed by atoms with Gasteiger partial charge in [0.05, 0.1) is 0 Å². The van der Waals surface area contributed by atoms with Crippen LogP contribution >= 0.6 is 12.2 Å². The van der Waals surface area contributed by atoms with Crippen LogP contribution in [0.5, 0.6) is 0 Å². The first kappa shape index (κ1) is 15.1. The third-order valence-corrected chi connectivity index (χ3v) is 2.95. The molecule has 0 radical (unpaired) electrons. The number of hydrogen-bond donors (Lipinski definition) is 2. The number of thiocarbonyl (C=S) groups is 1. The summed E-state index contributed by atoms with van der Waals surface area (Å²) in [5.74, 6) is 0.110. The van der Waals surface area contributed by atoms with Crippen molar-refractivity contribution in [3.05, 3.63) is 52.8 Å². The molecule has 1 aromatic heterocycles. The summed E-state index contributed by atoms with van der Waals surface area (Å²) < 4.78 is 0. The summed E-state index contributed by atoms with van der Waals surface area (Å²) in [5.41, 5.74) is 3.30. The highest BCUT2D eigenvalue weighted by molar-refractivity contribution is 7.80. The molecule has 0 saturated carbocycles. The fraction of sp³-hybridized carbons (Fsp3) is 0.200. The van der Waals surface area contributed by atoms with Crippen LogP contribution in [0.15, 0.2) is 30.3 Å². The Morgan fingerprint density at radius 3 is 2.19 bits per heavy atom. The highest BCUT2D eigenvalue weighted by atomic mass is 32.1. The van der Waals surface area contributed by atoms with E-state index < -0.39 is 0 Å². The lowest BCUT2D eigenvalue weighted by molar-refractivity contribution is 0.0978. The maximum absolute atomic E-state index is 12.0. The van der Waals surface area contributed by atoms with Gasteiger partial charge in [-0.3, -0.25) is 10.1 Å². The molecule has 108 valence electrons. The number of carbonyl (C=O) groups is 1. The van der Waals surface area contributed by atoms with Crippen molar-refractivity contribution in [3.63, 3.8) is 0 Å². The molecule has 1 heterocycles. The Morgan fingerprint density at radius 1 is 1.05 bits per heavy atom. The smallest absolute Gasteiger partial charge is 0.257 e. The van der Waals surface area contributed by atoms with Crippen LogP contribution in [0.3, 0.4) is 0 Å². The van der Waals surface area contributed by atoms with E-state index in [2.05, 4.69) is 20.6 Å². The first-order chi connectivity index (χ1) is 9.94. The van der Waals surface area contributed by atoms with Crippen molar-refractivity contribution in [3.8, 4) is 0 Å². The van der Waals surface area contributed by atoms with Gasteiger partial charge in [-0.2, -0.15) is 0 Å². The second kappa shape index (κ2) is 6.41. The van der Waals surface area contributed by atoms with E-state index in [-0.39, 0.29) is 11.0 Å². The van der Waals surface area contributed by atoms with Crippen LogP contribution in [0.4, 0.5) is 5.95 Å². The minimum atomic E-state index is -0.267. The lowest BCUT2D eigenvalue weighted by Crippen LogP contribution is -2.34. The average molecular weight is 300 g/mol. The third kappa shape index (κ3) is 4.32. The Kier molecular flexibility index (Phi) is 4.59. The lowest BCUT2D eigenvalue weighted by atomic mass is 10.1. The zero-order valence-electron chi connectivity index (χ0n) is 12.1. The first-order valence-electron chi connectivity index (χ1n) is 6.45. The number of aromatic nitrogens is 2. The number of anilines is 1. The summed E-state index contributed by atoms with van der Waals surface area (Å²) >= 11 is 5.10. The molecule has 0 aliphatic rings. The standard InChI is InChI=1S/C15H16N4OS/c1-9-4-6-12(7-5-9)13(20)18-15(21)19-14-16-10(2)8-11(3)17-14/h4-8H,1-3H3,(H2,16,17,18,19,20,21). The van der Waals surface area contributed by atoms with E-state index in [1.165, 1.54) is 0 Å². The molecule has 0 bridgehead atoms. The number of rotatable bonds is 2. The highest BCUT2D eigenvalue weighted by Crippen LogP contribution is 2.05. The van der Waals surface area contributed by atoms with E-state index in [1.54, 1.807) is 12.1 Å². The highest BCUT2D eigenvalue weighted by Gasteiger charge is 2.09. The van der Waals surface area contributed by atoms with Gasteiger partial charge < -0.3 is 5.32 Å². The van der Waals surface area contributed by atoms with Gasteiger partial charge in [0.1, 0.15) is 0 Å². The molecule has 0 atom stereocenters. The van der Waals surface area contributed by atoms with Crippen LogP contribution in [0.2, 0.25) is 0 Å². The van der Waals surface area contributed by atoms with E-state index in [9.17, 15) is 4.79 Å². The molecule has 0 saturated heterocycles. The summed E-state index contributed by atoms with van der Waals surface area (Å²) in [4.78, 5) is 20.4. The van der Waals surface area contributed by atoms with Gasteiger partial charge in [0.15, 0.2) is 5.11 Å². The number of nitrogens with zero attached hydrogens (tertiary/aromatic N) is 2. The van der Waals surface area contributed by atoms with Crippen molar-refractivity contribution in [1.82, 2.24) is 15.3 Å². The number of aryl methyl sites for hydroxylation is 3. The maximum Gasteiger partial charge on any atom is 0.257 e. The molecule has 2 rings (SSSR count). The molecule has 0 aliphatic heterocycles. The zero-order valence-corrected chi connectivity index (χ0v) is 12.9. The van der Waals surface area contributed by atoms with E-state index in [4.69, 9.17) is 12.2 Å². The number of hydrogen-bond acceptors (Lipinski definition) is 4. The van der Waals surface area contributed by atoms with E-state index in [0.717, 1.165) is 17.0 Å². The molecule has 6 heteroatoms. The van der Waals surface area contributed by atoms with Crippen molar-refractivity contribution in [2.75, 3.05) is 5.32 Å². The topological polar surface area (TPSA) is 66.9 Å². The molecular weight excluding hydrogens is 284 g/mol. The SMILES string of the molecule is Cc1ccc(C(=O)NC(=S)Nc2nc(C)cc(C)n2)cc1. The summed E-state index contributed by atoms with van der Waals surface area (Å²) in [6.07, 6.45) is 0. The van der Waals surface area contributed by atoms with Crippen LogP contribution in [0.1, 0.15) is 27.3 Å². The second-order valence-corrected chi connectivity index (χ2v) is 5.16. The molecule has 5 nitrogen and oxygen atoms in total. The van der Waals surface area contributed by atoms with Crippen LogP contribution in [0.25, 0.3) is 0 Å². The van der Waals surface area contributed by atoms with E-state index in [1.807, 2.05) is 39.0 Å². The van der Waals surface area contributed by atoms with Crippen molar-refractivity contribution in [2.24, 2.45) is 0 Å². The summed E-state index contributed by atoms with van der Waals surface area (Å²) in [6.45, 7) is 5.70. The minimum Gasteiger partial charge on any atom is -0.301 e. The quantitative estimate of drug-likeness (QED) is 0.834. The molecule has 0 unspecified atom stereocenters. The molecule has 0 spiro atoms. The summed E-state index contributed by atoms with van der Waals surface area (Å²) in [5, 5.41) is 5.59. The third-order valence-electron chi connectivity index (χ3n) is 2.75. The van der Waals surface area contributed by atoms with Gasteiger partial charge in [0.25, 0.3) is 5.91 Å². The number of nitrogens with one attached hydrogen (secondary N) is 2. The Bertz CT molecular complexity index is 662. The zero-order chi connectivity index (χ0) is 15.4. The van der Waals surface area contributed by atoms with Crippen LogP contribution in [-0.4, -0.2) is 21.0 Å². The normalized spacial score (nSPS) is 10.0. The molecule has 2 N–H and O–H groups in total. The number of carbonyl (C=O) groups excluding carboxylic acids is 1. The monoisotopic (exact) mass is 300 g/mol. The average Bonchev–Trinajstić information content (AvgIpc) is 2.37. The van der Waals surface area contributed by atoms with Crippen molar-refractivity contribution >= 4 is 29.2 Å². The Labute approximate surface area is 128 Å². The predicted molar refractivity (Wildman–Crippen MR) is 86.4 cm³/mol. The van der Waals surface area contributed by atoms with Gasteiger partial charge in [-0.1, -0.05) is 17.7 Å². The van der Waals surface area contributed by atoms with Gasteiger partial charge >= 0.3 is 0 Å². The van der Waals surface area contributed by atoms with Crippen molar-refractivity contribution < 1.29 is 4.79 Å². The largest absolute Gasteiger partial charge is 0.301 e. The van der Waals surface area contributed by atoms with Crippen LogP contribution in [0, 0.1) is 20.8 Å². The van der Waals surface area contributed by atoms with Gasteiger partial charge in [-0.05, 0) is 51.2 Å². The first-order valence-corrected chi connectivity index (χ1v) is 6.86. The Balaban J connectivity index is 2.01. The fourth-order valence-electron chi connectivity index (χ4n) is 1.79. The van der Waals surface area contributed by atoms with Crippen LogP contribution < -0.4 is 10.6 Å². The lowest BCUT2D eigenvalue weighted by Gasteiger charge is -2.09. The Hall–Kier alpha value is -2.34. The molecule has 1 aromatic carbocycles. The Morgan fingerprint density at radius 2 is 1.62 bits per heavy atom. The van der Waals surface area contributed by atoms with Crippen molar-refractivity contribution in [1.29, 1.82) is 0 Å². The number of benzene rings is 1. The fourth-order valence-corrected chi connectivity index (χ4v) is 1.98. The maximum atomic E-state index is 12.0. The van der Waals surface area contributed by atoms with Gasteiger partial charge in [0, 0.05) is 17.0 Å². The molecule has 0 aliphatic carbocycles. The molecular formula is C15H16N4OS. The van der Waals surface area contributed by atoms with Gasteiger partial charge in [0.2, 0.25) is 5.95 Å². The minimum absolute atomic E-state index is 0.172. The van der Waals surface area contributed by atoms with Gasteiger partial charge in [-0.15, -0.1) is 0 Å². The second-order valence-electron chi connectivity index (χ2n) is 4.75. The molecule has 0 fully saturated rings. The predicted octanol–water partition coefficient (Wildman–Crippen LogP) is 2.53. The number of amides is 1. The van der Waals surface area contributed by atoms with Gasteiger partial charge in [-0.25, -0.2) is 9.97 Å².